The second-order valence-electron chi connectivity index (χ2n) is 4.27. The van der Waals surface area contributed by atoms with E-state index >= 15 is 0 Å². The van der Waals surface area contributed by atoms with Crippen molar-refractivity contribution in [1.82, 2.24) is 4.57 Å². The Morgan fingerprint density at radius 2 is 2.12 bits per heavy atom. The first-order valence-electron chi connectivity index (χ1n) is 6.22. The molecule has 2 N–H and O–H groups in total. The number of hydrogen-bond donors (Lipinski definition) is 2. The zero-order chi connectivity index (χ0) is 11.8. The molecule has 92 valence electrons. The molecule has 0 amide bonds. The summed E-state index contributed by atoms with van der Waals surface area (Å²) in [6.45, 7) is 3.33. The van der Waals surface area contributed by atoms with Gasteiger partial charge in [0.15, 0.2) is 0 Å². The van der Waals surface area contributed by atoms with Crippen LogP contribution in [0.5, 0.6) is 0 Å². The highest BCUT2D eigenvalue weighted by Gasteiger charge is 2.07. The van der Waals surface area contributed by atoms with Crippen LogP contribution in [0.25, 0.3) is 0 Å². The van der Waals surface area contributed by atoms with Crippen molar-refractivity contribution in [2.45, 2.75) is 51.7 Å². The van der Waals surface area contributed by atoms with Crippen molar-refractivity contribution in [1.29, 1.82) is 0 Å². The molecule has 1 unspecified atom stereocenters. The van der Waals surface area contributed by atoms with Crippen molar-refractivity contribution in [3.05, 3.63) is 24.0 Å². The van der Waals surface area contributed by atoms with Crippen molar-refractivity contribution in [2.24, 2.45) is 0 Å². The molecule has 0 aliphatic heterocycles. The van der Waals surface area contributed by atoms with E-state index in [9.17, 15) is 5.11 Å². The Balaban J connectivity index is 2.33. The number of aromatic nitrogens is 1. The summed E-state index contributed by atoms with van der Waals surface area (Å²) < 4.78 is 2.12. The molecular formula is C13H23NO2. The van der Waals surface area contributed by atoms with E-state index in [1.165, 1.54) is 0 Å². The number of hydrogen-bond acceptors (Lipinski definition) is 2. The van der Waals surface area contributed by atoms with E-state index in [4.69, 9.17) is 5.11 Å². The lowest BCUT2D eigenvalue weighted by molar-refractivity contribution is 0.166. The van der Waals surface area contributed by atoms with E-state index in [1.807, 2.05) is 18.5 Å². The summed E-state index contributed by atoms with van der Waals surface area (Å²) >= 11 is 0. The van der Waals surface area contributed by atoms with Gasteiger partial charge < -0.3 is 14.8 Å². The Hall–Kier alpha value is -0.800. The van der Waals surface area contributed by atoms with Crippen LogP contribution in [0.3, 0.4) is 0 Å². The molecule has 1 aromatic rings. The number of aryl methyl sites for hydroxylation is 1. The second-order valence-corrected chi connectivity index (χ2v) is 4.27. The molecule has 0 radical (unpaired) electrons. The highest BCUT2D eigenvalue weighted by molar-refractivity contribution is 5.13. The number of aliphatic hydroxyl groups is 2. The minimum atomic E-state index is -0.316. The third-order valence-corrected chi connectivity index (χ3v) is 2.79. The summed E-state index contributed by atoms with van der Waals surface area (Å²) in [6, 6.07) is 1.99. The molecule has 0 saturated carbocycles. The second kappa shape index (κ2) is 7.47. The molecule has 1 rings (SSSR count). The van der Waals surface area contributed by atoms with Gasteiger partial charge >= 0.3 is 0 Å². The summed E-state index contributed by atoms with van der Waals surface area (Å²) in [5.74, 6) is 0. The van der Waals surface area contributed by atoms with E-state index in [-0.39, 0.29) is 12.7 Å². The topological polar surface area (TPSA) is 45.4 Å². The van der Waals surface area contributed by atoms with Crippen LogP contribution < -0.4 is 0 Å². The molecule has 0 spiro atoms. The molecule has 0 aromatic carbocycles. The largest absolute Gasteiger partial charge is 0.396 e. The Morgan fingerprint density at radius 1 is 1.31 bits per heavy atom. The van der Waals surface area contributed by atoms with Crippen LogP contribution >= 0.6 is 0 Å². The van der Waals surface area contributed by atoms with E-state index in [0.29, 0.717) is 0 Å². The molecule has 0 aliphatic carbocycles. The van der Waals surface area contributed by atoms with Crippen molar-refractivity contribution in [3.63, 3.8) is 0 Å². The van der Waals surface area contributed by atoms with Gasteiger partial charge in [0.25, 0.3) is 0 Å². The summed E-state index contributed by atoms with van der Waals surface area (Å²) in [4.78, 5) is 0. The lowest BCUT2D eigenvalue weighted by Gasteiger charge is -2.06. The van der Waals surface area contributed by atoms with Gasteiger partial charge in [-0.3, -0.25) is 0 Å². The first-order chi connectivity index (χ1) is 7.77. The predicted octanol–water partition coefficient (Wildman–Crippen LogP) is 2.48. The van der Waals surface area contributed by atoms with Gasteiger partial charge in [-0.25, -0.2) is 0 Å². The van der Waals surface area contributed by atoms with Crippen molar-refractivity contribution in [2.75, 3.05) is 6.61 Å². The SMILES string of the molecule is CCCC(O)c1ccn(CCCCCO)c1. The van der Waals surface area contributed by atoms with Gasteiger partial charge in [0.1, 0.15) is 0 Å². The Kier molecular flexibility index (Phi) is 6.19. The van der Waals surface area contributed by atoms with Crippen LogP contribution in [0.4, 0.5) is 0 Å². The van der Waals surface area contributed by atoms with Gasteiger partial charge in [0, 0.05) is 25.5 Å². The predicted molar refractivity (Wildman–Crippen MR) is 65.2 cm³/mol. The van der Waals surface area contributed by atoms with Crippen molar-refractivity contribution < 1.29 is 10.2 Å². The number of aliphatic hydroxyl groups excluding tert-OH is 2. The van der Waals surface area contributed by atoms with Crippen LogP contribution in [-0.4, -0.2) is 21.4 Å². The third kappa shape index (κ3) is 4.37. The molecule has 3 heteroatoms. The normalized spacial score (nSPS) is 12.9. The molecule has 1 aromatic heterocycles. The molecule has 0 aliphatic rings. The van der Waals surface area contributed by atoms with E-state index in [1.54, 1.807) is 0 Å². The molecule has 0 fully saturated rings. The summed E-state index contributed by atoms with van der Waals surface area (Å²) in [7, 11) is 0. The van der Waals surface area contributed by atoms with E-state index in [2.05, 4.69) is 11.5 Å². The summed E-state index contributed by atoms with van der Waals surface area (Å²) in [6.07, 6.45) is 8.58. The molecule has 3 nitrogen and oxygen atoms in total. The third-order valence-electron chi connectivity index (χ3n) is 2.79. The first kappa shape index (κ1) is 13.3. The maximum absolute atomic E-state index is 9.80. The fourth-order valence-electron chi connectivity index (χ4n) is 1.82. The van der Waals surface area contributed by atoms with Gasteiger partial charge in [-0.15, -0.1) is 0 Å². The van der Waals surface area contributed by atoms with Crippen molar-refractivity contribution in [3.8, 4) is 0 Å². The molecule has 0 bridgehead atoms. The van der Waals surface area contributed by atoms with Gasteiger partial charge in [0.2, 0.25) is 0 Å². The van der Waals surface area contributed by atoms with Crippen LogP contribution in [0.15, 0.2) is 18.5 Å². The average molecular weight is 225 g/mol. The standard InChI is InChI=1S/C13H23NO2/c1-2-6-13(16)12-7-9-14(11-12)8-4-3-5-10-15/h7,9,11,13,15-16H,2-6,8,10H2,1H3. The fraction of sp³-hybridized carbons (Fsp3) is 0.692. The number of nitrogens with zero attached hydrogens (tertiary/aromatic N) is 1. The Morgan fingerprint density at radius 3 is 2.81 bits per heavy atom. The highest BCUT2D eigenvalue weighted by Crippen LogP contribution is 2.18. The van der Waals surface area contributed by atoms with E-state index in [0.717, 1.165) is 44.2 Å². The smallest absolute Gasteiger partial charge is 0.0804 e. The highest BCUT2D eigenvalue weighted by atomic mass is 16.3. The van der Waals surface area contributed by atoms with Crippen LogP contribution in [0, 0.1) is 0 Å². The zero-order valence-corrected chi connectivity index (χ0v) is 10.1. The average Bonchev–Trinajstić information content (AvgIpc) is 2.73. The lowest BCUT2D eigenvalue weighted by Crippen LogP contribution is -1.97. The Labute approximate surface area is 97.7 Å². The van der Waals surface area contributed by atoms with Gasteiger partial charge in [0.05, 0.1) is 6.10 Å². The molecule has 0 saturated heterocycles. The Bertz CT molecular complexity index is 283. The fourth-order valence-corrected chi connectivity index (χ4v) is 1.82. The minimum Gasteiger partial charge on any atom is -0.396 e. The monoisotopic (exact) mass is 225 g/mol. The molecule has 1 heterocycles. The maximum Gasteiger partial charge on any atom is 0.0804 e. The quantitative estimate of drug-likeness (QED) is 0.668. The van der Waals surface area contributed by atoms with Crippen molar-refractivity contribution >= 4 is 0 Å². The van der Waals surface area contributed by atoms with Gasteiger partial charge in [-0.2, -0.15) is 0 Å². The number of rotatable bonds is 8. The minimum absolute atomic E-state index is 0.284. The van der Waals surface area contributed by atoms with E-state index < -0.39 is 0 Å². The molecule has 16 heavy (non-hydrogen) atoms. The number of unbranched alkanes of at least 4 members (excludes halogenated alkanes) is 2. The summed E-state index contributed by atoms with van der Waals surface area (Å²) in [5.41, 5.74) is 1.02. The summed E-state index contributed by atoms with van der Waals surface area (Å²) in [5, 5.41) is 18.5. The van der Waals surface area contributed by atoms with Crippen LogP contribution in [0.2, 0.25) is 0 Å². The van der Waals surface area contributed by atoms with Crippen LogP contribution in [0.1, 0.15) is 50.7 Å². The molecule has 1 atom stereocenters. The van der Waals surface area contributed by atoms with Gasteiger partial charge in [-0.05, 0) is 37.3 Å². The van der Waals surface area contributed by atoms with Gasteiger partial charge in [-0.1, -0.05) is 13.3 Å². The zero-order valence-electron chi connectivity index (χ0n) is 10.1. The molecular weight excluding hydrogens is 202 g/mol. The lowest BCUT2D eigenvalue weighted by atomic mass is 10.1. The maximum atomic E-state index is 9.80. The first-order valence-corrected chi connectivity index (χ1v) is 6.22. The van der Waals surface area contributed by atoms with Crippen LogP contribution in [-0.2, 0) is 6.54 Å².